The Morgan fingerprint density at radius 1 is 1.14 bits per heavy atom. The van der Waals surface area contributed by atoms with Gasteiger partial charge in [0.1, 0.15) is 17.5 Å². The first kappa shape index (κ1) is 17.2. The maximum atomic E-state index is 13.5. The molecule has 0 atom stereocenters. The predicted octanol–water partition coefficient (Wildman–Crippen LogP) is 0.677. The predicted molar refractivity (Wildman–Crippen MR) is 75.4 cm³/mol. The Hall–Kier alpha value is -1.16. The molecule has 0 spiro atoms. The molecule has 0 aromatic heterocycles. The van der Waals surface area contributed by atoms with Crippen molar-refractivity contribution in [2.24, 2.45) is 0 Å². The van der Waals surface area contributed by atoms with E-state index < -0.39 is 32.4 Å². The van der Waals surface area contributed by atoms with Gasteiger partial charge in [-0.2, -0.15) is 0 Å². The highest BCUT2D eigenvalue weighted by Gasteiger charge is 2.24. The molecule has 0 amide bonds. The molecule has 0 saturated carbocycles. The third kappa shape index (κ3) is 4.42. The summed E-state index contributed by atoms with van der Waals surface area (Å²) in [4.78, 5) is 1.03. The fourth-order valence-corrected chi connectivity index (χ4v) is 3.49. The van der Waals surface area contributed by atoms with Crippen molar-refractivity contribution >= 4 is 10.0 Å². The minimum Gasteiger partial charge on any atom is -0.314 e. The highest BCUT2D eigenvalue weighted by atomic mass is 32.2. The van der Waals surface area contributed by atoms with Crippen molar-refractivity contribution < 1.29 is 21.6 Å². The molecule has 1 aliphatic heterocycles. The van der Waals surface area contributed by atoms with Gasteiger partial charge in [-0.05, 0) is 13.0 Å². The molecule has 9 heteroatoms. The Labute approximate surface area is 127 Å². The van der Waals surface area contributed by atoms with Gasteiger partial charge in [0.25, 0.3) is 0 Å². The molecule has 5 nitrogen and oxygen atoms in total. The minimum absolute atomic E-state index is 0.0581. The average Bonchev–Trinajstić information content (AvgIpc) is 2.43. The van der Waals surface area contributed by atoms with E-state index in [1.165, 1.54) is 0 Å². The van der Waals surface area contributed by atoms with Gasteiger partial charge < -0.3 is 10.2 Å². The van der Waals surface area contributed by atoms with Crippen LogP contribution in [0.25, 0.3) is 0 Å². The Kier molecular flexibility index (Phi) is 5.79. The Balaban J connectivity index is 1.91. The first-order valence-corrected chi connectivity index (χ1v) is 8.46. The number of nitrogens with one attached hydrogen (secondary N) is 2. The zero-order chi connectivity index (χ0) is 16.2. The van der Waals surface area contributed by atoms with Crippen LogP contribution in [0.4, 0.5) is 13.2 Å². The van der Waals surface area contributed by atoms with Crippen LogP contribution < -0.4 is 10.0 Å². The van der Waals surface area contributed by atoms with Crippen LogP contribution in [-0.2, 0) is 10.0 Å². The van der Waals surface area contributed by atoms with Gasteiger partial charge in [0.2, 0.25) is 10.0 Å². The van der Waals surface area contributed by atoms with Crippen molar-refractivity contribution in [3.8, 4) is 0 Å². The van der Waals surface area contributed by atoms with Gasteiger partial charge in [-0.3, -0.25) is 0 Å². The summed E-state index contributed by atoms with van der Waals surface area (Å²) >= 11 is 0. The number of hydrogen-bond donors (Lipinski definition) is 2. The fraction of sp³-hybridized carbons (Fsp3) is 0.538. The van der Waals surface area contributed by atoms with Gasteiger partial charge in [-0.1, -0.05) is 0 Å². The van der Waals surface area contributed by atoms with Gasteiger partial charge >= 0.3 is 0 Å². The molecular formula is C13H18F3N3O2S. The molecule has 1 heterocycles. The summed E-state index contributed by atoms with van der Waals surface area (Å²) in [7, 11) is -4.34. The second kappa shape index (κ2) is 7.40. The number of sulfonamides is 1. The van der Waals surface area contributed by atoms with Gasteiger partial charge in [0, 0.05) is 44.9 Å². The normalized spacial score (nSPS) is 16.9. The molecule has 1 aromatic rings. The number of benzene rings is 1. The van der Waals surface area contributed by atoms with Crippen LogP contribution in [0.1, 0.15) is 6.42 Å². The van der Waals surface area contributed by atoms with Gasteiger partial charge in [0.15, 0.2) is 4.90 Å². The molecule has 22 heavy (non-hydrogen) atoms. The summed E-state index contributed by atoms with van der Waals surface area (Å²) in [5.74, 6) is -4.04. The van der Waals surface area contributed by atoms with E-state index in [9.17, 15) is 21.6 Å². The van der Waals surface area contributed by atoms with Crippen molar-refractivity contribution in [3.63, 3.8) is 0 Å². The molecule has 0 aliphatic carbocycles. The zero-order valence-electron chi connectivity index (χ0n) is 11.9. The monoisotopic (exact) mass is 337 g/mol. The van der Waals surface area contributed by atoms with E-state index in [1.807, 2.05) is 0 Å². The Bertz CT molecular complexity index is 596. The van der Waals surface area contributed by atoms with E-state index in [2.05, 4.69) is 14.9 Å². The quantitative estimate of drug-likeness (QED) is 0.750. The van der Waals surface area contributed by atoms with Gasteiger partial charge in [0.05, 0.1) is 0 Å². The summed E-state index contributed by atoms with van der Waals surface area (Å²) in [6.45, 7) is 4.29. The Morgan fingerprint density at radius 3 is 2.32 bits per heavy atom. The molecule has 1 saturated heterocycles. The first-order valence-electron chi connectivity index (χ1n) is 6.97. The van der Waals surface area contributed by atoms with Crippen LogP contribution in [0.5, 0.6) is 0 Å². The van der Waals surface area contributed by atoms with Gasteiger partial charge in [-0.25, -0.2) is 26.3 Å². The second-order valence-corrected chi connectivity index (χ2v) is 6.75. The lowest BCUT2D eigenvalue weighted by Gasteiger charge is -2.27. The van der Waals surface area contributed by atoms with Crippen LogP contribution in [0.2, 0.25) is 0 Å². The molecule has 2 N–H and O–H groups in total. The summed E-state index contributed by atoms with van der Waals surface area (Å²) in [6.07, 6.45) is 0.518. The maximum absolute atomic E-state index is 13.5. The van der Waals surface area contributed by atoms with E-state index >= 15 is 0 Å². The molecule has 0 bridgehead atoms. The first-order chi connectivity index (χ1) is 10.4. The molecular weight excluding hydrogens is 319 g/mol. The van der Waals surface area contributed by atoms with Crippen molar-refractivity contribution in [1.82, 2.24) is 14.9 Å². The van der Waals surface area contributed by atoms with E-state index in [0.29, 0.717) is 25.1 Å². The van der Waals surface area contributed by atoms with Crippen molar-refractivity contribution in [2.75, 3.05) is 39.3 Å². The second-order valence-electron chi connectivity index (χ2n) is 5.04. The Morgan fingerprint density at radius 2 is 1.73 bits per heavy atom. The SMILES string of the molecule is O=S(=O)(NCCCN1CCNCC1)c1c(F)cc(F)cc1F. The van der Waals surface area contributed by atoms with E-state index in [-0.39, 0.29) is 6.54 Å². The third-order valence-electron chi connectivity index (χ3n) is 3.38. The zero-order valence-corrected chi connectivity index (χ0v) is 12.7. The van der Waals surface area contributed by atoms with Crippen LogP contribution >= 0.6 is 0 Å². The van der Waals surface area contributed by atoms with E-state index in [0.717, 1.165) is 26.2 Å². The standard InChI is InChI=1S/C13H18F3N3O2S/c14-10-8-11(15)13(12(16)9-10)22(20,21)18-2-1-5-19-6-3-17-4-7-19/h8-9,17-18H,1-7H2. The van der Waals surface area contributed by atoms with Crippen LogP contribution in [0.3, 0.4) is 0 Å². The number of halogens is 3. The summed E-state index contributed by atoms with van der Waals surface area (Å²) in [5.41, 5.74) is 0. The highest BCUT2D eigenvalue weighted by Crippen LogP contribution is 2.19. The average molecular weight is 337 g/mol. The molecule has 1 aromatic carbocycles. The summed E-state index contributed by atoms with van der Waals surface area (Å²) in [5, 5.41) is 3.20. The molecule has 1 aliphatic rings. The van der Waals surface area contributed by atoms with Crippen molar-refractivity contribution in [2.45, 2.75) is 11.3 Å². The number of piperazine rings is 1. The van der Waals surface area contributed by atoms with Crippen LogP contribution in [0.15, 0.2) is 17.0 Å². The van der Waals surface area contributed by atoms with Crippen LogP contribution in [0, 0.1) is 17.5 Å². The van der Waals surface area contributed by atoms with Crippen LogP contribution in [-0.4, -0.2) is 52.6 Å². The molecule has 0 unspecified atom stereocenters. The number of nitrogens with zero attached hydrogens (tertiary/aromatic N) is 1. The number of rotatable bonds is 6. The topological polar surface area (TPSA) is 61.4 Å². The lowest BCUT2D eigenvalue weighted by molar-refractivity contribution is 0.239. The van der Waals surface area contributed by atoms with E-state index in [4.69, 9.17) is 0 Å². The largest absolute Gasteiger partial charge is 0.314 e. The number of hydrogen-bond acceptors (Lipinski definition) is 4. The molecule has 1 fully saturated rings. The molecule has 124 valence electrons. The summed E-state index contributed by atoms with van der Waals surface area (Å²) < 4.78 is 65.7. The fourth-order valence-electron chi connectivity index (χ4n) is 2.30. The van der Waals surface area contributed by atoms with E-state index in [1.54, 1.807) is 0 Å². The van der Waals surface area contributed by atoms with Gasteiger partial charge in [-0.15, -0.1) is 0 Å². The molecule has 0 radical (unpaired) electrons. The lowest BCUT2D eigenvalue weighted by atomic mass is 10.3. The lowest BCUT2D eigenvalue weighted by Crippen LogP contribution is -2.44. The third-order valence-corrected chi connectivity index (χ3v) is 4.90. The maximum Gasteiger partial charge on any atom is 0.246 e. The smallest absolute Gasteiger partial charge is 0.246 e. The highest BCUT2D eigenvalue weighted by molar-refractivity contribution is 7.89. The van der Waals surface area contributed by atoms with Crippen molar-refractivity contribution in [1.29, 1.82) is 0 Å². The minimum atomic E-state index is -4.34. The summed E-state index contributed by atoms with van der Waals surface area (Å²) in [6, 6.07) is 0.691. The van der Waals surface area contributed by atoms with Crippen molar-refractivity contribution in [3.05, 3.63) is 29.6 Å². The molecule has 2 rings (SSSR count).